The molecule has 0 aliphatic rings. The van der Waals surface area contributed by atoms with Crippen LogP contribution in [0.5, 0.6) is 0 Å². The van der Waals surface area contributed by atoms with E-state index in [-0.39, 0.29) is 0 Å². The summed E-state index contributed by atoms with van der Waals surface area (Å²) < 4.78 is 18.0. The average molecular weight is 1450 g/mol. The molecule has 6 aromatic heterocycles. The van der Waals surface area contributed by atoms with Crippen molar-refractivity contribution >= 4 is 88.7 Å². The zero-order valence-corrected chi connectivity index (χ0v) is 61.4. The zero-order valence-electron chi connectivity index (χ0n) is 61.4. The third kappa shape index (κ3) is 11.7. The summed E-state index contributed by atoms with van der Waals surface area (Å²) in [4.78, 5) is 25.8. The van der Waals surface area contributed by atoms with E-state index in [1.54, 1.807) is 0 Å². The molecule has 6 heterocycles. The summed E-state index contributed by atoms with van der Waals surface area (Å²) in [6.07, 6.45) is 6.24. The first kappa shape index (κ1) is 66.0. The van der Waals surface area contributed by atoms with E-state index < -0.39 is 0 Å². The highest BCUT2D eigenvalue weighted by atomic mass is 16.3. The van der Waals surface area contributed by atoms with Crippen molar-refractivity contribution in [1.82, 2.24) is 34.1 Å². The Morgan fingerprint density at radius 1 is 0.265 bits per heavy atom. The Balaban J connectivity index is 0.608. The molecule has 0 saturated heterocycles. The summed E-state index contributed by atoms with van der Waals surface area (Å²) in [6, 6.07) is 126. The van der Waals surface area contributed by atoms with Gasteiger partial charge in [-0.3, -0.25) is 0 Å². The molecule has 113 heavy (non-hydrogen) atoms. The van der Waals surface area contributed by atoms with Crippen LogP contribution in [0.25, 0.3) is 224 Å². The minimum atomic E-state index is 0.599. The van der Waals surface area contributed by atoms with Crippen molar-refractivity contribution in [3.63, 3.8) is 0 Å². The van der Waals surface area contributed by atoms with E-state index in [4.69, 9.17) is 33.8 Å². The van der Waals surface area contributed by atoms with Crippen molar-refractivity contribution in [3.05, 3.63) is 382 Å². The number of benzene rings is 15. The summed E-state index contributed by atoms with van der Waals surface area (Å²) >= 11 is 0. The summed E-state index contributed by atoms with van der Waals surface area (Å²) in [5.74, 6) is 2.47. The third-order valence-electron chi connectivity index (χ3n) is 21.9. The monoisotopic (exact) mass is 1450 g/mol. The fourth-order valence-corrected chi connectivity index (χ4v) is 16.5. The third-order valence-corrected chi connectivity index (χ3v) is 21.9. The molecule has 0 N–H and O–H groups in total. The summed E-state index contributed by atoms with van der Waals surface area (Å²) in [6.45, 7) is 6.36. The van der Waals surface area contributed by atoms with Crippen LogP contribution in [-0.2, 0) is 0 Å². The van der Waals surface area contributed by atoms with E-state index in [0.717, 1.165) is 200 Å². The second-order valence-electron chi connectivity index (χ2n) is 28.6. The molecule has 0 saturated carbocycles. The molecule has 0 atom stereocenters. The Morgan fingerprint density at radius 3 is 1.18 bits per heavy atom. The SMILES string of the molecule is C=Cc1c(/C=C\C)n(-c2ccccc2)c2ccc(-c3ccc4oc5cccc(-c6cccc(-c7nc(-c8ccccc8)cc(-c8ccc(-c9ccc%10c%11cc(-c%12ccc%13oc%14cccc(-c%15cccc(-c%16nc(-c%17ccccc%17)nc(-c%17ccccc%17)n%16)c%15)c%14c%13c%12)ccc%11n(-c%11ccccc%11)c%10c9)cc8)n7)c6)c5c4c3)cc12. The van der Waals surface area contributed by atoms with Crippen LogP contribution in [0.15, 0.2) is 379 Å². The number of para-hydroxylation sites is 2. The lowest BCUT2D eigenvalue weighted by molar-refractivity contribution is 0.668. The molecule has 0 amide bonds. The van der Waals surface area contributed by atoms with Crippen LogP contribution in [0, 0.1) is 0 Å². The lowest BCUT2D eigenvalue weighted by atomic mass is 9.95. The van der Waals surface area contributed by atoms with Crippen molar-refractivity contribution in [2.24, 2.45) is 0 Å². The van der Waals surface area contributed by atoms with Crippen molar-refractivity contribution in [1.29, 1.82) is 0 Å². The first-order valence-electron chi connectivity index (χ1n) is 38.1. The molecule has 21 rings (SSSR count). The van der Waals surface area contributed by atoms with Crippen LogP contribution in [0.2, 0.25) is 0 Å². The van der Waals surface area contributed by atoms with Crippen molar-refractivity contribution in [2.75, 3.05) is 0 Å². The average Bonchev–Trinajstić information content (AvgIpc) is 1.55. The lowest BCUT2D eigenvalue weighted by Gasteiger charge is -2.12. The number of allylic oxidation sites excluding steroid dienone is 1. The first-order valence-corrected chi connectivity index (χ1v) is 38.1. The molecule has 9 nitrogen and oxygen atoms in total. The van der Waals surface area contributed by atoms with Crippen molar-refractivity contribution in [3.8, 4) is 135 Å². The summed E-state index contributed by atoms with van der Waals surface area (Å²) in [5, 5.41) is 7.63. The van der Waals surface area contributed by atoms with Crippen LogP contribution < -0.4 is 0 Å². The Morgan fingerprint density at radius 2 is 0.655 bits per heavy atom. The molecular formula is C104H67N7O2. The van der Waals surface area contributed by atoms with E-state index >= 15 is 0 Å². The minimum absolute atomic E-state index is 0.599. The van der Waals surface area contributed by atoms with Gasteiger partial charge in [-0.2, -0.15) is 0 Å². The quantitative estimate of drug-likeness (QED) is 0.101. The fourth-order valence-electron chi connectivity index (χ4n) is 16.5. The van der Waals surface area contributed by atoms with E-state index in [1.807, 2.05) is 72.8 Å². The Hall–Kier alpha value is -15.2. The minimum Gasteiger partial charge on any atom is -0.456 e. The normalized spacial score (nSPS) is 11.8. The molecule has 21 aromatic rings. The van der Waals surface area contributed by atoms with Gasteiger partial charge in [0.2, 0.25) is 0 Å². The Bertz CT molecular complexity index is 7300. The predicted molar refractivity (Wildman–Crippen MR) is 466 cm³/mol. The molecule has 0 fully saturated rings. The van der Waals surface area contributed by atoms with Crippen LogP contribution in [0.1, 0.15) is 18.2 Å². The topological polar surface area (TPSA) is 101 Å². The van der Waals surface area contributed by atoms with Gasteiger partial charge in [0.1, 0.15) is 22.3 Å². The number of hydrogen-bond acceptors (Lipinski definition) is 7. The van der Waals surface area contributed by atoms with E-state index in [9.17, 15) is 0 Å². The van der Waals surface area contributed by atoms with Gasteiger partial charge in [0.15, 0.2) is 23.3 Å². The lowest BCUT2D eigenvalue weighted by Crippen LogP contribution is -2.00. The number of fused-ring (bicyclic) bond motifs is 10. The molecule has 15 aromatic carbocycles. The summed E-state index contributed by atoms with van der Waals surface area (Å²) in [5.41, 5.74) is 29.1. The highest BCUT2D eigenvalue weighted by Crippen LogP contribution is 2.45. The van der Waals surface area contributed by atoms with Gasteiger partial charge in [-0.1, -0.05) is 267 Å². The number of aromatic nitrogens is 7. The number of nitrogens with zero attached hydrogens (tertiary/aromatic N) is 7. The number of furan rings is 2. The van der Waals surface area contributed by atoms with E-state index in [2.05, 4.69) is 326 Å². The van der Waals surface area contributed by atoms with Gasteiger partial charge < -0.3 is 18.0 Å². The molecule has 0 aliphatic heterocycles. The van der Waals surface area contributed by atoms with Gasteiger partial charge in [-0.25, -0.2) is 24.9 Å². The standard InChI is InChI=1S/C104H67N7O2/c1-3-24-91-81(4-2)85-59-70(48-53-92(85)110(91)79-35-16-8-17-36-79)72-50-55-95-87(61-72)99-82(39-22-41-97(99)112-95)75-31-20-33-77(57-75)103-105-89(66-25-10-5-11-26-66)64-90(106-103)67-45-43-65(44-46-67)74-47-52-84-86-60-71(49-54-93(86)111(94(84)63-74)80-37-18-9-19-38-80)73-51-56-96-88(62-73)100-83(40-23-42-98(100)113-96)76-32-21-34-78(58-76)104-108-101(68-27-12-6-13-28-68)107-102(109-104)69-29-14-7-15-30-69/h3-64H,2H2,1H3/b24-3-. The predicted octanol–water partition coefficient (Wildman–Crippen LogP) is 27.5. The van der Waals surface area contributed by atoms with Gasteiger partial charge in [0.25, 0.3) is 0 Å². The largest absolute Gasteiger partial charge is 0.456 e. The zero-order chi connectivity index (χ0) is 75.0. The molecular weight excluding hydrogens is 1380 g/mol. The molecule has 9 heteroatoms. The smallest absolute Gasteiger partial charge is 0.164 e. The molecule has 0 spiro atoms. The molecule has 0 unspecified atom stereocenters. The maximum atomic E-state index is 6.67. The molecule has 0 aliphatic carbocycles. The highest BCUT2D eigenvalue weighted by Gasteiger charge is 2.23. The number of rotatable bonds is 15. The van der Waals surface area contributed by atoms with Crippen LogP contribution in [-0.4, -0.2) is 34.1 Å². The molecule has 0 bridgehead atoms. The van der Waals surface area contributed by atoms with Crippen molar-refractivity contribution in [2.45, 2.75) is 6.92 Å². The maximum absolute atomic E-state index is 6.67. The second kappa shape index (κ2) is 27.5. The summed E-state index contributed by atoms with van der Waals surface area (Å²) in [7, 11) is 0. The van der Waals surface area contributed by atoms with Crippen molar-refractivity contribution < 1.29 is 8.83 Å². The Labute approximate surface area is 651 Å². The van der Waals surface area contributed by atoms with Crippen LogP contribution in [0.4, 0.5) is 0 Å². The van der Waals surface area contributed by atoms with E-state index in [0.29, 0.717) is 23.3 Å². The van der Waals surface area contributed by atoms with Crippen LogP contribution >= 0.6 is 0 Å². The van der Waals surface area contributed by atoms with Gasteiger partial charge in [0.05, 0.1) is 33.6 Å². The van der Waals surface area contributed by atoms with Gasteiger partial charge >= 0.3 is 0 Å². The molecule has 530 valence electrons. The van der Waals surface area contributed by atoms with Gasteiger partial charge in [0, 0.05) is 88.0 Å². The van der Waals surface area contributed by atoms with Gasteiger partial charge in [-0.15, -0.1) is 0 Å². The highest BCUT2D eigenvalue weighted by molar-refractivity contribution is 6.16. The Kier molecular flexibility index (Phi) is 16.1. The van der Waals surface area contributed by atoms with Crippen LogP contribution in [0.3, 0.4) is 0 Å². The van der Waals surface area contributed by atoms with E-state index in [1.165, 1.54) is 0 Å². The maximum Gasteiger partial charge on any atom is 0.164 e. The first-order chi connectivity index (χ1) is 55.9. The van der Waals surface area contributed by atoms with Gasteiger partial charge in [-0.05, 0) is 178 Å². The molecule has 0 radical (unpaired) electrons. The fraction of sp³-hybridized carbons (Fsp3) is 0.00962. The second-order valence-corrected chi connectivity index (χ2v) is 28.6. The number of hydrogen-bond donors (Lipinski definition) is 0.